The van der Waals surface area contributed by atoms with Crippen molar-refractivity contribution in [1.82, 2.24) is 20.4 Å². The van der Waals surface area contributed by atoms with Crippen LogP contribution >= 0.6 is 0 Å². The molecule has 162 valence electrons. The molecule has 2 heterocycles. The third-order valence-corrected chi connectivity index (χ3v) is 6.46. The Balaban J connectivity index is 1.62. The average molecular weight is 402 g/mol. The van der Waals surface area contributed by atoms with Crippen LogP contribution < -0.4 is 15.4 Å². The van der Waals surface area contributed by atoms with Crippen molar-refractivity contribution in [3.63, 3.8) is 0 Å². The van der Waals surface area contributed by atoms with E-state index >= 15 is 0 Å². The number of nitrogens with zero attached hydrogens (tertiary/aromatic N) is 3. The number of hydrogen-bond acceptors (Lipinski definition) is 4. The van der Waals surface area contributed by atoms with Crippen molar-refractivity contribution in [2.75, 3.05) is 46.9 Å². The highest BCUT2D eigenvalue weighted by Crippen LogP contribution is 2.26. The summed E-state index contributed by atoms with van der Waals surface area (Å²) in [6.45, 7) is 12.3. The van der Waals surface area contributed by atoms with E-state index in [-0.39, 0.29) is 0 Å². The lowest BCUT2D eigenvalue weighted by molar-refractivity contribution is 0.245. The summed E-state index contributed by atoms with van der Waals surface area (Å²) in [6.07, 6.45) is 2.56. The summed E-state index contributed by atoms with van der Waals surface area (Å²) in [7, 11) is 3.59. The van der Waals surface area contributed by atoms with Crippen LogP contribution in [0.1, 0.15) is 45.2 Å². The number of aliphatic imine (C=N–C) groups is 1. The van der Waals surface area contributed by atoms with Crippen LogP contribution in [0.3, 0.4) is 0 Å². The van der Waals surface area contributed by atoms with Gasteiger partial charge in [-0.05, 0) is 63.4 Å². The van der Waals surface area contributed by atoms with Gasteiger partial charge < -0.3 is 15.4 Å². The zero-order valence-electron chi connectivity index (χ0n) is 18.8. The summed E-state index contributed by atoms with van der Waals surface area (Å²) in [5.41, 5.74) is 1.33. The van der Waals surface area contributed by atoms with Crippen LogP contribution in [0.5, 0.6) is 5.75 Å². The van der Waals surface area contributed by atoms with Gasteiger partial charge in [0.2, 0.25) is 0 Å². The smallest absolute Gasteiger partial charge is 0.191 e. The van der Waals surface area contributed by atoms with Crippen LogP contribution in [-0.4, -0.2) is 74.7 Å². The van der Waals surface area contributed by atoms with E-state index in [0.29, 0.717) is 24.0 Å². The first-order valence-electron chi connectivity index (χ1n) is 11.1. The van der Waals surface area contributed by atoms with Crippen LogP contribution in [0.4, 0.5) is 0 Å². The van der Waals surface area contributed by atoms with Crippen molar-refractivity contribution >= 4 is 5.96 Å². The number of benzene rings is 1. The van der Waals surface area contributed by atoms with Gasteiger partial charge >= 0.3 is 0 Å². The second-order valence-corrected chi connectivity index (χ2v) is 8.76. The van der Waals surface area contributed by atoms with Crippen molar-refractivity contribution in [3.05, 3.63) is 29.8 Å². The van der Waals surface area contributed by atoms with E-state index in [1.54, 1.807) is 7.11 Å². The zero-order valence-corrected chi connectivity index (χ0v) is 18.8. The number of ether oxygens (including phenoxy) is 1. The minimum atomic E-state index is 0.343. The standard InChI is InChI=1S/C23H39N5O/c1-17(2)28-15-18(3)21(16-28)26-23(24-4)25-14-22(27-12-6-7-13-27)19-8-10-20(29-5)11-9-19/h8-11,17-18,21-22H,6-7,12-16H2,1-5H3,(H2,24,25,26). The molecule has 3 unspecified atom stereocenters. The molecule has 2 aliphatic rings. The molecule has 0 aliphatic carbocycles. The van der Waals surface area contributed by atoms with E-state index in [1.807, 2.05) is 7.05 Å². The van der Waals surface area contributed by atoms with E-state index in [9.17, 15) is 0 Å². The largest absolute Gasteiger partial charge is 0.497 e. The summed E-state index contributed by atoms with van der Waals surface area (Å²) in [5.74, 6) is 2.43. The van der Waals surface area contributed by atoms with Crippen LogP contribution in [0.15, 0.2) is 29.3 Å². The Hall–Kier alpha value is -1.79. The highest BCUT2D eigenvalue weighted by molar-refractivity contribution is 5.80. The van der Waals surface area contributed by atoms with Crippen molar-refractivity contribution in [1.29, 1.82) is 0 Å². The maximum Gasteiger partial charge on any atom is 0.191 e. The first-order chi connectivity index (χ1) is 14.0. The van der Waals surface area contributed by atoms with Crippen LogP contribution in [0.25, 0.3) is 0 Å². The molecule has 29 heavy (non-hydrogen) atoms. The predicted octanol–water partition coefficient (Wildman–Crippen LogP) is 2.73. The molecule has 0 amide bonds. The molecule has 0 bridgehead atoms. The maximum atomic E-state index is 5.34. The van der Waals surface area contributed by atoms with Crippen molar-refractivity contribution in [3.8, 4) is 5.75 Å². The van der Waals surface area contributed by atoms with Crippen LogP contribution in [-0.2, 0) is 0 Å². The van der Waals surface area contributed by atoms with E-state index < -0.39 is 0 Å². The quantitative estimate of drug-likeness (QED) is 0.544. The molecule has 2 aliphatic heterocycles. The fourth-order valence-electron chi connectivity index (χ4n) is 4.51. The van der Waals surface area contributed by atoms with Gasteiger partial charge in [-0.15, -0.1) is 0 Å². The minimum Gasteiger partial charge on any atom is -0.497 e. The predicted molar refractivity (Wildman–Crippen MR) is 121 cm³/mol. The van der Waals surface area contributed by atoms with Gasteiger partial charge in [-0.25, -0.2) is 0 Å². The molecule has 0 radical (unpaired) electrons. The van der Waals surface area contributed by atoms with Gasteiger partial charge in [0.05, 0.1) is 13.2 Å². The SMILES string of the molecule is CN=C(NCC(c1ccc(OC)cc1)N1CCCC1)NC1CN(C(C)C)CC1C. The molecule has 1 aromatic carbocycles. The summed E-state index contributed by atoms with van der Waals surface area (Å²) in [5, 5.41) is 7.29. The van der Waals surface area contributed by atoms with Gasteiger partial charge in [0.1, 0.15) is 5.75 Å². The van der Waals surface area contributed by atoms with E-state index in [2.05, 4.69) is 70.5 Å². The number of nitrogens with one attached hydrogen (secondary N) is 2. The molecule has 0 aromatic heterocycles. The first kappa shape index (κ1) is 21.9. The molecule has 1 aromatic rings. The van der Waals surface area contributed by atoms with Gasteiger partial charge in [-0.1, -0.05) is 19.1 Å². The molecule has 0 saturated carbocycles. The highest BCUT2D eigenvalue weighted by Gasteiger charge is 2.31. The first-order valence-corrected chi connectivity index (χ1v) is 11.1. The molecule has 0 spiro atoms. The molecule has 2 N–H and O–H groups in total. The topological polar surface area (TPSA) is 52.1 Å². The lowest BCUT2D eigenvalue weighted by Gasteiger charge is -2.29. The molecular formula is C23H39N5O. The molecule has 2 saturated heterocycles. The van der Waals surface area contributed by atoms with Crippen LogP contribution in [0, 0.1) is 5.92 Å². The fraction of sp³-hybridized carbons (Fsp3) is 0.696. The number of methoxy groups -OCH3 is 1. The van der Waals surface area contributed by atoms with Gasteiger partial charge in [0, 0.05) is 38.8 Å². The number of likely N-dealkylation sites (tertiary alicyclic amines) is 2. The highest BCUT2D eigenvalue weighted by atomic mass is 16.5. The number of hydrogen-bond donors (Lipinski definition) is 2. The van der Waals surface area contributed by atoms with Gasteiger partial charge in [0.15, 0.2) is 5.96 Å². The van der Waals surface area contributed by atoms with Gasteiger partial charge in [-0.3, -0.25) is 14.8 Å². The third-order valence-electron chi connectivity index (χ3n) is 6.46. The monoisotopic (exact) mass is 401 g/mol. The second-order valence-electron chi connectivity index (χ2n) is 8.76. The summed E-state index contributed by atoms with van der Waals surface area (Å²) < 4.78 is 5.34. The molecule has 3 rings (SSSR count). The Bertz CT molecular complexity index is 654. The molecule has 2 fully saturated rings. The van der Waals surface area contributed by atoms with E-state index in [1.165, 1.54) is 18.4 Å². The number of rotatable bonds is 7. The Morgan fingerprint density at radius 2 is 1.83 bits per heavy atom. The Morgan fingerprint density at radius 3 is 2.38 bits per heavy atom. The van der Waals surface area contributed by atoms with Gasteiger partial charge in [-0.2, -0.15) is 0 Å². The normalized spacial score (nSPS) is 24.8. The maximum absolute atomic E-state index is 5.34. The van der Waals surface area contributed by atoms with Crippen molar-refractivity contribution < 1.29 is 4.74 Å². The van der Waals surface area contributed by atoms with Crippen LogP contribution in [0.2, 0.25) is 0 Å². The van der Waals surface area contributed by atoms with E-state index in [0.717, 1.165) is 44.4 Å². The average Bonchev–Trinajstić information content (AvgIpc) is 3.38. The molecule has 6 heteroatoms. The van der Waals surface area contributed by atoms with Crippen molar-refractivity contribution in [2.45, 2.75) is 51.7 Å². The summed E-state index contributed by atoms with van der Waals surface area (Å²) >= 11 is 0. The van der Waals surface area contributed by atoms with Crippen molar-refractivity contribution in [2.24, 2.45) is 10.9 Å². The lowest BCUT2D eigenvalue weighted by atomic mass is 10.1. The Kier molecular flexibility index (Phi) is 7.78. The third kappa shape index (κ3) is 5.64. The van der Waals surface area contributed by atoms with E-state index in [4.69, 9.17) is 4.74 Å². The molecule has 6 nitrogen and oxygen atoms in total. The van der Waals surface area contributed by atoms with Gasteiger partial charge in [0.25, 0.3) is 0 Å². The summed E-state index contributed by atoms with van der Waals surface area (Å²) in [6, 6.07) is 9.88. The zero-order chi connectivity index (χ0) is 20.8. The molecular weight excluding hydrogens is 362 g/mol. The Labute approximate surface area is 176 Å². The number of guanidine groups is 1. The molecule has 3 atom stereocenters. The minimum absolute atomic E-state index is 0.343. The fourth-order valence-corrected chi connectivity index (χ4v) is 4.51. The Morgan fingerprint density at radius 1 is 1.14 bits per heavy atom. The lowest BCUT2D eigenvalue weighted by Crippen LogP contribution is -2.48. The summed E-state index contributed by atoms with van der Waals surface area (Å²) in [4.78, 5) is 9.64. The second kappa shape index (κ2) is 10.3.